The zero-order valence-electron chi connectivity index (χ0n) is 11.5. The van der Waals surface area contributed by atoms with E-state index in [2.05, 4.69) is 5.32 Å². The van der Waals surface area contributed by atoms with Crippen LogP contribution in [-0.2, 0) is 9.84 Å². The average molecular weight is 291 g/mol. The Bertz CT molecular complexity index is 556. The Morgan fingerprint density at radius 1 is 1.32 bits per heavy atom. The fraction of sp³-hybridized carbons (Fsp3) is 0.538. The van der Waals surface area contributed by atoms with Gasteiger partial charge in [-0.25, -0.2) is 17.2 Å². The lowest BCUT2D eigenvalue weighted by molar-refractivity contribution is 0.412. The van der Waals surface area contributed by atoms with Gasteiger partial charge < -0.3 is 5.32 Å². The van der Waals surface area contributed by atoms with Crippen LogP contribution < -0.4 is 5.32 Å². The molecule has 0 amide bonds. The third kappa shape index (κ3) is 3.30. The molecule has 1 atom stereocenters. The highest BCUT2D eigenvalue weighted by Crippen LogP contribution is 2.33. The summed E-state index contributed by atoms with van der Waals surface area (Å²) in [6.45, 7) is 5.32. The topological polar surface area (TPSA) is 46.2 Å². The maximum atomic E-state index is 13.9. The lowest BCUT2D eigenvalue weighted by Gasteiger charge is -2.33. The lowest BCUT2D eigenvalue weighted by atomic mass is 9.94. The van der Waals surface area contributed by atoms with E-state index in [9.17, 15) is 17.2 Å². The molecule has 0 radical (unpaired) electrons. The number of benzene rings is 1. The van der Waals surface area contributed by atoms with Crippen LogP contribution in [0.1, 0.15) is 32.4 Å². The molecule has 0 spiro atoms. The van der Waals surface area contributed by atoms with E-state index >= 15 is 0 Å². The summed E-state index contributed by atoms with van der Waals surface area (Å²) in [5.41, 5.74) is 0.152. The van der Waals surface area contributed by atoms with Gasteiger partial charge in [-0.1, -0.05) is 13.0 Å². The monoisotopic (exact) mass is 291 g/mol. The van der Waals surface area contributed by atoms with Crippen molar-refractivity contribution in [2.24, 2.45) is 0 Å². The molecule has 0 bridgehead atoms. The van der Waals surface area contributed by atoms with E-state index in [-0.39, 0.29) is 5.56 Å². The van der Waals surface area contributed by atoms with E-state index < -0.39 is 32.3 Å². The molecular formula is C13H19F2NO2S. The zero-order valence-corrected chi connectivity index (χ0v) is 12.3. The van der Waals surface area contributed by atoms with E-state index in [4.69, 9.17) is 0 Å². The molecule has 1 aromatic carbocycles. The standard InChI is InChI=1S/C13H19F2NO2S/c1-5-16-12(13(2,3)19(4,17)18)10-7-6-9(14)8-11(10)15/h6-8,12,16H,5H2,1-4H3. The quantitative estimate of drug-likeness (QED) is 0.906. The summed E-state index contributed by atoms with van der Waals surface area (Å²) in [4.78, 5) is 0. The summed E-state index contributed by atoms with van der Waals surface area (Å²) in [6, 6.07) is 2.43. The predicted molar refractivity (Wildman–Crippen MR) is 71.7 cm³/mol. The zero-order chi connectivity index (χ0) is 14.8. The van der Waals surface area contributed by atoms with Crippen molar-refractivity contribution < 1.29 is 17.2 Å². The number of hydrogen-bond donors (Lipinski definition) is 1. The van der Waals surface area contributed by atoms with Gasteiger partial charge in [0.25, 0.3) is 0 Å². The van der Waals surface area contributed by atoms with Crippen molar-refractivity contribution in [3.05, 3.63) is 35.4 Å². The third-order valence-corrected chi connectivity index (χ3v) is 5.48. The highest BCUT2D eigenvalue weighted by Gasteiger charge is 2.40. The smallest absolute Gasteiger partial charge is 0.154 e. The molecule has 1 rings (SSSR count). The van der Waals surface area contributed by atoms with Crippen molar-refractivity contribution >= 4 is 9.84 Å². The maximum Gasteiger partial charge on any atom is 0.154 e. The van der Waals surface area contributed by atoms with E-state index in [1.54, 1.807) is 6.92 Å². The molecule has 0 aliphatic heterocycles. The number of halogens is 2. The molecule has 108 valence electrons. The van der Waals surface area contributed by atoms with Crippen LogP contribution in [0.25, 0.3) is 0 Å². The summed E-state index contributed by atoms with van der Waals surface area (Å²) >= 11 is 0. The first kappa shape index (κ1) is 16.0. The Morgan fingerprint density at radius 3 is 2.32 bits per heavy atom. The van der Waals surface area contributed by atoms with Crippen molar-refractivity contribution in [2.75, 3.05) is 12.8 Å². The van der Waals surface area contributed by atoms with Crippen LogP contribution in [0.15, 0.2) is 18.2 Å². The van der Waals surface area contributed by atoms with Gasteiger partial charge in [-0.3, -0.25) is 0 Å². The Balaban J connectivity index is 3.36. The fourth-order valence-corrected chi connectivity index (χ4v) is 2.52. The van der Waals surface area contributed by atoms with Crippen molar-refractivity contribution in [2.45, 2.75) is 31.6 Å². The van der Waals surface area contributed by atoms with E-state index in [0.29, 0.717) is 6.54 Å². The van der Waals surface area contributed by atoms with Gasteiger partial charge >= 0.3 is 0 Å². The van der Waals surface area contributed by atoms with Crippen molar-refractivity contribution in [3.63, 3.8) is 0 Å². The molecule has 0 saturated heterocycles. The van der Waals surface area contributed by atoms with Gasteiger partial charge in [-0.2, -0.15) is 0 Å². The summed E-state index contributed by atoms with van der Waals surface area (Å²) in [5.74, 6) is -1.43. The van der Waals surface area contributed by atoms with E-state index in [0.717, 1.165) is 18.4 Å². The van der Waals surface area contributed by atoms with Gasteiger partial charge in [0.1, 0.15) is 11.6 Å². The Morgan fingerprint density at radius 2 is 1.89 bits per heavy atom. The van der Waals surface area contributed by atoms with E-state index in [1.807, 2.05) is 0 Å². The summed E-state index contributed by atoms with van der Waals surface area (Å²) < 4.78 is 49.4. The van der Waals surface area contributed by atoms with Crippen molar-refractivity contribution in [1.29, 1.82) is 0 Å². The van der Waals surface area contributed by atoms with Crippen LogP contribution in [-0.4, -0.2) is 26.0 Å². The van der Waals surface area contributed by atoms with Gasteiger partial charge in [0, 0.05) is 17.9 Å². The maximum absolute atomic E-state index is 13.9. The summed E-state index contributed by atoms with van der Waals surface area (Å²) in [6.07, 6.45) is 1.11. The van der Waals surface area contributed by atoms with Gasteiger partial charge in [0.2, 0.25) is 0 Å². The van der Waals surface area contributed by atoms with Gasteiger partial charge in [-0.05, 0) is 26.5 Å². The Hall–Kier alpha value is -1.01. The van der Waals surface area contributed by atoms with Crippen molar-refractivity contribution in [3.8, 4) is 0 Å². The molecule has 19 heavy (non-hydrogen) atoms. The van der Waals surface area contributed by atoms with Crippen LogP contribution >= 0.6 is 0 Å². The minimum absolute atomic E-state index is 0.152. The molecule has 3 nitrogen and oxygen atoms in total. The number of sulfone groups is 1. The predicted octanol–water partition coefficient (Wildman–Crippen LogP) is 2.44. The van der Waals surface area contributed by atoms with Crippen LogP contribution in [0, 0.1) is 11.6 Å². The highest BCUT2D eigenvalue weighted by molar-refractivity contribution is 7.92. The highest BCUT2D eigenvalue weighted by atomic mass is 32.2. The number of rotatable bonds is 5. The van der Waals surface area contributed by atoms with Crippen LogP contribution in [0.4, 0.5) is 8.78 Å². The second-order valence-electron chi connectivity index (χ2n) is 5.03. The first-order valence-corrected chi connectivity index (χ1v) is 7.88. The number of hydrogen-bond acceptors (Lipinski definition) is 3. The minimum Gasteiger partial charge on any atom is -0.309 e. The molecule has 6 heteroatoms. The van der Waals surface area contributed by atoms with E-state index in [1.165, 1.54) is 19.9 Å². The average Bonchev–Trinajstić information content (AvgIpc) is 2.25. The molecule has 0 aromatic heterocycles. The molecule has 0 heterocycles. The van der Waals surface area contributed by atoms with Gasteiger partial charge in [0.05, 0.1) is 10.8 Å². The van der Waals surface area contributed by atoms with Crippen LogP contribution in [0.2, 0.25) is 0 Å². The van der Waals surface area contributed by atoms with Crippen molar-refractivity contribution in [1.82, 2.24) is 5.32 Å². The SMILES string of the molecule is CCNC(c1ccc(F)cc1F)C(C)(C)S(C)(=O)=O. The molecule has 1 unspecified atom stereocenters. The molecule has 0 saturated carbocycles. The first-order chi connectivity index (χ1) is 8.61. The van der Waals surface area contributed by atoms with Gasteiger partial charge in [-0.15, -0.1) is 0 Å². The molecule has 0 aliphatic carbocycles. The molecule has 1 N–H and O–H groups in total. The second-order valence-corrected chi connectivity index (χ2v) is 7.63. The fourth-order valence-electron chi connectivity index (χ4n) is 1.88. The largest absolute Gasteiger partial charge is 0.309 e. The third-order valence-electron chi connectivity index (χ3n) is 3.33. The summed E-state index contributed by atoms with van der Waals surface area (Å²) in [5, 5.41) is 2.96. The first-order valence-electron chi connectivity index (χ1n) is 5.99. The Labute approximate surface area is 112 Å². The van der Waals surface area contributed by atoms with Crippen LogP contribution in [0.3, 0.4) is 0 Å². The molecular weight excluding hydrogens is 272 g/mol. The summed E-state index contributed by atoms with van der Waals surface area (Å²) in [7, 11) is -3.42. The Kier molecular flexibility index (Phi) is 4.68. The van der Waals surface area contributed by atoms with Crippen LogP contribution in [0.5, 0.6) is 0 Å². The normalized spacial score (nSPS) is 14.4. The van der Waals surface area contributed by atoms with Gasteiger partial charge in [0.15, 0.2) is 9.84 Å². The molecule has 1 aromatic rings. The molecule has 0 aliphatic rings. The number of nitrogens with one attached hydrogen (secondary N) is 1. The minimum atomic E-state index is -3.42. The lowest BCUT2D eigenvalue weighted by Crippen LogP contribution is -2.45. The molecule has 0 fully saturated rings. The second kappa shape index (κ2) is 5.54.